The zero-order valence-corrected chi connectivity index (χ0v) is 21.9. The fourth-order valence-electron chi connectivity index (χ4n) is 4.08. The summed E-state index contributed by atoms with van der Waals surface area (Å²) in [4.78, 5) is 15.9. The number of rotatable bonds is 17. The molecule has 0 aliphatic heterocycles. The molecule has 1 heterocycles. The number of nitrogens with zero attached hydrogens (tertiary/aromatic N) is 1. The third-order valence-corrected chi connectivity index (χ3v) is 6.17. The van der Waals surface area contributed by atoms with Gasteiger partial charge in [0.25, 0.3) is 0 Å². The van der Waals surface area contributed by atoms with E-state index in [-0.39, 0.29) is 6.61 Å². The highest BCUT2D eigenvalue weighted by molar-refractivity contribution is 5.89. The Balaban J connectivity index is 1.53. The molecule has 0 amide bonds. The molecule has 0 bridgehead atoms. The molecule has 0 spiro atoms. The Bertz CT molecular complexity index is 868. The van der Waals surface area contributed by atoms with Gasteiger partial charge >= 0.3 is 5.97 Å². The Labute approximate surface area is 213 Å². The first-order chi connectivity index (χ1) is 17.2. The van der Waals surface area contributed by atoms with Crippen molar-refractivity contribution in [3.8, 4) is 11.8 Å². The predicted octanol–water partition coefficient (Wildman–Crippen LogP) is 8.07. The molecule has 190 valence electrons. The Morgan fingerprint density at radius 1 is 0.886 bits per heavy atom. The zero-order valence-electron chi connectivity index (χ0n) is 21.9. The molecule has 0 saturated heterocycles. The van der Waals surface area contributed by atoms with Crippen LogP contribution in [0.1, 0.15) is 109 Å². The summed E-state index contributed by atoms with van der Waals surface area (Å²) in [6.45, 7) is 4.65. The molecule has 2 rings (SSSR count). The number of benzene rings is 1. The van der Waals surface area contributed by atoms with Crippen LogP contribution in [-0.2, 0) is 16.1 Å². The van der Waals surface area contributed by atoms with Crippen molar-refractivity contribution in [2.24, 2.45) is 0 Å². The van der Waals surface area contributed by atoms with Gasteiger partial charge in [-0.3, -0.25) is 4.98 Å². The highest BCUT2D eigenvalue weighted by Gasteiger charge is 2.03. The molecule has 1 unspecified atom stereocenters. The molecule has 35 heavy (non-hydrogen) atoms. The van der Waals surface area contributed by atoms with Gasteiger partial charge in [-0.1, -0.05) is 96.0 Å². The summed E-state index contributed by atoms with van der Waals surface area (Å²) in [6.07, 6.45) is 19.5. The number of ether oxygens (including phenoxy) is 1. The molecule has 0 aliphatic carbocycles. The van der Waals surface area contributed by atoms with Crippen LogP contribution in [0.3, 0.4) is 0 Å². The van der Waals surface area contributed by atoms with Crippen LogP contribution in [0.5, 0.6) is 0 Å². The molecule has 0 aliphatic rings. The van der Waals surface area contributed by atoms with E-state index < -0.39 is 5.97 Å². The van der Waals surface area contributed by atoms with E-state index in [4.69, 9.17) is 4.74 Å². The van der Waals surface area contributed by atoms with Gasteiger partial charge in [0.15, 0.2) is 0 Å². The lowest BCUT2D eigenvalue weighted by molar-refractivity contribution is -0.138. The highest BCUT2D eigenvalue weighted by atomic mass is 16.5. The van der Waals surface area contributed by atoms with E-state index in [2.05, 4.69) is 36.0 Å². The lowest BCUT2D eigenvalue weighted by Crippen LogP contribution is -2.14. The minimum absolute atomic E-state index is 0.133. The van der Waals surface area contributed by atoms with E-state index in [0.717, 1.165) is 11.3 Å². The number of unbranched alkanes of at least 4 members (excludes halogenated alkanes) is 11. The van der Waals surface area contributed by atoms with Crippen molar-refractivity contribution in [3.63, 3.8) is 0 Å². The fraction of sp³-hybridized carbons (Fsp3) is 0.548. The van der Waals surface area contributed by atoms with Gasteiger partial charge < -0.3 is 10.1 Å². The monoisotopic (exact) mass is 476 g/mol. The first-order valence-electron chi connectivity index (χ1n) is 13.6. The minimum atomic E-state index is -0.547. The van der Waals surface area contributed by atoms with Crippen molar-refractivity contribution >= 4 is 11.7 Å². The summed E-state index contributed by atoms with van der Waals surface area (Å²) < 4.78 is 5.13. The molecule has 1 aromatic heterocycles. The van der Waals surface area contributed by atoms with Crippen molar-refractivity contribution in [3.05, 3.63) is 59.9 Å². The largest absolute Gasteiger partial charge is 0.450 e. The van der Waals surface area contributed by atoms with Crippen LogP contribution in [0.2, 0.25) is 0 Å². The Morgan fingerprint density at radius 3 is 2.11 bits per heavy atom. The van der Waals surface area contributed by atoms with Crippen LogP contribution in [-0.4, -0.2) is 17.0 Å². The van der Waals surface area contributed by atoms with Crippen molar-refractivity contribution in [2.75, 3.05) is 5.32 Å². The summed E-state index contributed by atoms with van der Waals surface area (Å²) >= 11 is 0. The maximum absolute atomic E-state index is 11.8. The van der Waals surface area contributed by atoms with Gasteiger partial charge in [0, 0.05) is 29.4 Å². The smallest absolute Gasteiger partial charge is 0.385 e. The maximum atomic E-state index is 11.8. The molecular formula is C31H44N2O2. The molecule has 1 N–H and O–H groups in total. The lowest BCUT2D eigenvalue weighted by Gasteiger charge is -2.15. The number of anilines is 1. The lowest BCUT2D eigenvalue weighted by atomic mass is 10.0. The van der Waals surface area contributed by atoms with E-state index in [1.807, 2.05) is 42.5 Å². The molecule has 2 aromatic rings. The summed E-state index contributed by atoms with van der Waals surface area (Å²) in [5.74, 6) is 4.85. The first-order valence-corrected chi connectivity index (χ1v) is 13.6. The number of nitrogens with one attached hydrogen (secondary N) is 1. The summed E-state index contributed by atoms with van der Waals surface area (Å²) in [5.41, 5.74) is 2.58. The van der Waals surface area contributed by atoms with Crippen LogP contribution in [0.15, 0.2) is 48.7 Å². The molecule has 1 aromatic carbocycles. The van der Waals surface area contributed by atoms with Gasteiger partial charge in [0.05, 0.1) is 5.69 Å². The first kappa shape index (κ1) is 28.4. The van der Waals surface area contributed by atoms with Crippen molar-refractivity contribution in [1.29, 1.82) is 0 Å². The highest BCUT2D eigenvalue weighted by Crippen LogP contribution is 2.15. The van der Waals surface area contributed by atoms with E-state index >= 15 is 0 Å². The second-order valence-corrected chi connectivity index (χ2v) is 9.45. The Hall–Kier alpha value is -2.80. The average molecular weight is 477 g/mol. The number of hydrogen-bond acceptors (Lipinski definition) is 4. The summed E-state index contributed by atoms with van der Waals surface area (Å²) in [5, 5.41) is 3.57. The Kier molecular flexibility index (Phi) is 15.0. The number of hydrogen-bond donors (Lipinski definition) is 1. The SMILES string of the molecule is CCCCCCCCCCCCCCC(C)Nc1ccc(C#CC(=O)OCc2ccccn2)cc1. The normalized spacial score (nSPS) is 11.4. The van der Waals surface area contributed by atoms with Crippen LogP contribution >= 0.6 is 0 Å². The Morgan fingerprint density at radius 2 is 1.51 bits per heavy atom. The van der Waals surface area contributed by atoms with Gasteiger partial charge in [-0.25, -0.2) is 4.79 Å². The average Bonchev–Trinajstić information content (AvgIpc) is 2.88. The molecule has 4 heteroatoms. The van der Waals surface area contributed by atoms with Crippen LogP contribution in [0, 0.1) is 11.8 Å². The standard InChI is InChI=1S/C31H44N2O2/c1-3-4-5-6-7-8-9-10-11-12-13-14-17-27(2)33-29-22-19-28(20-23-29)21-24-31(34)35-26-30-18-15-16-25-32-30/h15-16,18-20,22-23,25,27,33H,3-14,17,26H2,1-2H3. The quantitative estimate of drug-likeness (QED) is 0.142. The number of esters is 1. The maximum Gasteiger partial charge on any atom is 0.385 e. The molecule has 0 radical (unpaired) electrons. The van der Waals surface area contributed by atoms with E-state index in [0.29, 0.717) is 11.7 Å². The van der Waals surface area contributed by atoms with Gasteiger partial charge in [-0.05, 0) is 49.7 Å². The fourth-order valence-corrected chi connectivity index (χ4v) is 4.08. The second kappa shape index (κ2) is 18.5. The topological polar surface area (TPSA) is 51.2 Å². The molecule has 0 saturated carbocycles. The van der Waals surface area contributed by atoms with Gasteiger partial charge in [-0.2, -0.15) is 0 Å². The minimum Gasteiger partial charge on any atom is -0.450 e. The third kappa shape index (κ3) is 14.3. The van der Waals surface area contributed by atoms with Crippen LogP contribution in [0.4, 0.5) is 5.69 Å². The van der Waals surface area contributed by atoms with E-state index in [9.17, 15) is 4.79 Å². The molecular weight excluding hydrogens is 432 g/mol. The van der Waals surface area contributed by atoms with Gasteiger partial charge in [0.2, 0.25) is 0 Å². The summed E-state index contributed by atoms with van der Waals surface area (Å²) in [6, 6.07) is 13.8. The summed E-state index contributed by atoms with van der Waals surface area (Å²) in [7, 11) is 0. The van der Waals surface area contributed by atoms with Crippen LogP contribution in [0.25, 0.3) is 0 Å². The molecule has 0 fully saturated rings. The third-order valence-electron chi connectivity index (χ3n) is 6.17. The van der Waals surface area contributed by atoms with Crippen molar-refractivity contribution in [1.82, 2.24) is 4.98 Å². The van der Waals surface area contributed by atoms with Crippen LogP contribution < -0.4 is 5.32 Å². The number of aromatic nitrogens is 1. The molecule has 4 nitrogen and oxygen atoms in total. The van der Waals surface area contributed by atoms with Crippen molar-refractivity contribution in [2.45, 2.75) is 110 Å². The number of carbonyl (C=O) groups excluding carboxylic acids is 1. The molecule has 1 atom stereocenters. The predicted molar refractivity (Wildman–Crippen MR) is 146 cm³/mol. The number of carbonyl (C=O) groups is 1. The van der Waals surface area contributed by atoms with E-state index in [1.165, 1.54) is 83.5 Å². The van der Waals surface area contributed by atoms with E-state index in [1.54, 1.807) is 6.20 Å². The zero-order chi connectivity index (χ0) is 25.0. The van der Waals surface area contributed by atoms with Crippen molar-refractivity contribution < 1.29 is 9.53 Å². The van der Waals surface area contributed by atoms with Gasteiger partial charge in [0.1, 0.15) is 6.61 Å². The second-order valence-electron chi connectivity index (χ2n) is 9.45. The van der Waals surface area contributed by atoms with Gasteiger partial charge in [-0.15, -0.1) is 0 Å². The number of pyridine rings is 1.